The fourth-order valence-corrected chi connectivity index (χ4v) is 3.11. The highest BCUT2D eigenvalue weighted by atomic mass is 16.7. The van der Waals surface area contributed by atoms with Crippen molar-refractivity contribution >= 4 is 0 Å². The van der Waals surface area contributed by atoms with Gasteiger partial charge in [0.25, 0.3) is 0 Å². The number of rotatable bonds is 9. The lowest BCUT2D eigenvalue weighted by atomic mass is 10.0. The zero-order valence-corrected chi connectivity index (χ0v) is 15.2. The summed E-state index contributed by atoms with van der Waals surface area (Å²) in [6.07, 6.45) is -5.77. The third-order valence-electron chi connectivity index (χ3n) is 4.54. The standard InChI is InChI=1S/C20H23NO7/c22-17-19(27-13-15-9-5-2-6-10-15)18(28-20(17)23)16(11-21(24)25)26-12-14-7-3-1-4-8-14/h1-10,16-20,22-23H,11-13H2/t16-,17-,18-,19-,20?/m1/s1. The Morgan fingerprint density at radius 3 is 2.14 bits per heavy atom. The summed E-state index contributed by atoms with van der Waals surface area (Å²) in [5, 5.41) is 31.3. The van der Waals surface area contributed by atoms with Gasteiger partial charge in [-0.1, -0.05) is 60.7 Å². The van der Waals surface area contributed by atoms with Gasteiger partial charge in [0.15, 0.2) is 12.4 Å². The molecule has 0 radical (unpaired) electrons. The highest BCUT2D eigenvalue weighted by Crippen LogP contribution is 2.28. The first-order chi connectivity index (χ1) is 13.5. The van der Waals surface area contributed by atoms with Gasteiger partial charge in [0.2, 0.25) is 6.54 Å². The summed E-state index contributed by atoms with van der Waals surface area (Å²) in [5.74, 6) is 0. The van der Waals surface area contributed by atoms with Gasteiger partial charge in [0.05, 0.1) is 13.2 Å². The monoisotopic (exact) mass is 389 g/mol. The van der Waals surface area contributed by atoms with Gasteiger partial charge in [-0.25, -0.2) is 0 Å². The average molecular weight is 389 g/mol. The van der Waals surface area contributed by atoms with E-state index >= 15 is 0 Å². The van der Waals surface area contributed by atoms with Crippen LogP contribution in [-0.4, -0.2) is 52.4 Å². The summed E-state index contributed by atoms with van der Waals surface area (Å²) in [7, 11) is 0. The molecule has 1 aliphatic rings. The Labute approximate surface area is 162 Å². The third kappa shape index (κ3) is 5.34. The second-order valence-electron chi connectivity index (χ2n) is 6.59. The van der Waals surface area contributed by atoms with Crippen LogP contribution in [0.5, 0.6) is 0 Å². The molecule has 1 unspecified atom stereocenters. The number of hydrogen-bond acceptors (Lipinski definition) is 7. The van der Waals surface area contributed by atoms with Crippen LogP contribution in [0, 0.1) is 10.1 Å². The van der Waals surface area contributed by atoms with Gasteiger partial charge >= 0.3 is 0 Å². The molecule has 0 amide bonds. The number of ether oxygens (including phenoxy) is 3. The molecule has 1 aliphatic heterocycles. The first-order valence-corrected chi connectivity index (χ1v) is 8.99. The molecule has 0 bridgehead atoms. The van der Waals surface area contributed by atoms with E-state index in [4.69, 9.17) is 14.2 Å². The second-order valence-corrected chi connectivity index (χ2v) is 6.59. The molecule has 0 saturated carbocycles. The SMILES string of the molecule is O=[N+]([O-])C[C@@H](OCc1ccccc1)[C@H]1OC(O)[C@H](O)[C@H]1OCc1ccccc1. The topological polar surface area (TPSA) is 111 Å². The van der Waals surface area contributed by atoms with Crippen molar-refractivity contribution in [3.63, 3.8) is 0 Å². The molecule has 150 valence electrons. The van der Waals surface area contributed by atoms with Crippen LogP contribution in [0.25, 0.3) is 0 Å². The van der Waals surface area contributed by atoms with Crippen molar-refractivity contribution in [2.75, 3.05) is 6.54 Å². The van der Waals surface area contributed by atoms with Crippen molar-refractivity contribution in [3.05, 3.63) is 81.9 Å². The lowest BCUT2D eigenvalue weighted by Gasteiger charge is -2.26. The summed E-state index contributed by atoms with van der Waals surface area (Å²) >= 11 is 0. The average Bonchev–Trinajstić information content (AvgIpc) is 2.99. The predicted molar refractivity (Wildman–Crippen MR) is 98.8 cm³/mol. The van der Waals surface area contributed by atoms with Crippen molar-refractivity contribution in [2.24, 2.45) is 0 Å². The van der Waals surface area contributed by atoms with Crippen LogP contribution >= 0.6 is 0 Å². The number of hydrogen-bond donors (Lipinski definition) is 2. The molecule has 3 rings (SSSR count). The lowest BCUT2D eigenvalue weighted by Crippen LogP contribution is -2.45. The molecule has 2 aromatic rings. The van der Waals surface area contributed by atoms with Gasteiger partial charge in [-0.15, -0.1) is 0 Å². The van der Waals surface area contributed by atoms with Crippen molar-refractivity contribution < 1.29 is 29.3 Å². The van der Waals surface area contributed by atoms with Crippen molar-refractivity contribution in [1.82, 2.24) is 0 Å². The second kappa shape index (κ2) is 9.72. The Kier molecular flexibility index (Phi) is 7.07. The summed E-state index contributed by atoms with van der Waals surface area (Å²) < 4.78 is 16.9. The Morgan fingerprint density at radius 1 is 1.00 bits per heavy atom. The lowest BCUT2D eigenvalue weighted by molar-refractivity contribution is -0.495. The van der Waals surface area contributed by atoms with Crippen LogP contribution in [0.4, 0.5) is 0 Å². The molecule has 8 heteroatoms. The highest BCUT2D eigenvalue weighted by molar-refractivity contribution is 5.14. The predicted octanol–water partition coefficient (Wildman–Crippen LogP) is 1.51. The molecule has 0 spiro atoms. The minimum Gasteiger partial charge on any atom is -0.385 e. The fraction of sp³-hybridized carbons (Fsp3) is 0.400. The summed E-state index contributed by atoms with van der Waals surface area (Å²) in [5.41, 5.74) is 1.71. The fourth-order valence-electron chi connectivity index (χ4n) is 3.11. The molecule has 0 aromatic heterocycles. The van der Waals surface area contributed by atoms with E-state index in [0.29, 0.717) is 0 Å². The minimum absolute atomic E-state index is 0.136. The largest absolute Gasteiger partial charge is 0.385 e. The summed E-state index contributed by atoms with van der Waals surface area (Å²) in [6, 6.07) is 18.5. The van der Waals surface area contributed by atoms with E-state index in [2.05, 4.69) is 0 Å². The molecule has 2 N–H and O–H groups in total. The summed E-state index contributed by atoms with van der Waals surface area (Å²) in [4.78, 5) is 10.6. The minimum atomic E-state index is -1.50. The Hall–Kier alpha value is -2.36. The smallest absolute Gasteiger partial charge is 0.232 e. The normalized spacial score (nSPS) is 25.5. The summed E-state index contributed by atoms with van der Waals surface area (Å²) in [6.45, 7) is -0.238. The van der Waals surface area contributed by atoms with Crippen LogP contribution in [-0.2, 0) is 27.4 Å². The van der Waals surface area contributed by atoms with Crippen LogP contribution < -0.4 is 0 Å². The molecule has 0 aliphatic carbocycles. The van der Waals surface area contributed by atoms with E-state index in [9.17, 15) is 20.3 Å². The molecule has 1 heterocycles. The zero-order chi connectivity index (χ0) is 19.9. The van der Waals surface area contributed by atoms with Gasteiger partial charge < -0.3 is 24.4 Å². The molecule has 8 nitrogen and oxygen atoms in total. The van der Waals surface area contributed by atoms with E-state index in [1.165, 1.54) is 0 Å². The molecule has 5 atom stereocenters. The van der Waals surface area contributed by atoms with E-state index in [0.717, 1.165) is 11.1 Å². The van der Waals surface area contributed by atoms with Gasteiger partial charge in [-0.3, -0.25) is 10.1 Å². The van der Waals surface area contributed by atoms with E-state index < -0.39 is 42.2 Å². The maximum atomic E-state index is 11.1. The van der Waals surface area contributed by atoms with Crippen LogP contribution in [0.15, 0.2) is 60.7 Å². The quantitative estimate of drug-likeness (QED) is 0.494. The van der Waals surface area contributed by atoms with E-state index in [1.807, 2.05) is 60.7 Å². The zero-order valence-electron chi connectivity index (χ0n) is 15.2. The van der Waals surface area contributed by atoms with Gasteiger partial charge in [-0.2, -0.15) is 0 Å². The molecule has 28 heavy (non-hydrogen) atoms. The van der Waals surface area contributed by atoms with Crippen molar-refractivity contribution in [1.29, 1.82) is 0 Å². The first-order valence-electron chi connectivity index (χ1n) is 8.99. The van der Waals surface area contributed by atoms with Gasteiger partial charge in [0, 0.05) is 4.92 Å². The molecule has 2 aromatic carbocycles. The Bertz CT molecular complexity index is 743. The first kappa shape index (κ1) is 20.4. The van der Waals surface area contributed by atoms with Crippen LogP contribution in [0.1, 0.15) is 11.1 Å². The molecule has 1 saturated heterocycles. The van der Waals surface area contributed by atoms with Gasteiger partial charge in [0.1, 0.15) is 18.3 Å². The molecular weight excluding hydrogens is 366 g/mol. The van der Waals surface area contributed by atoms with Crippen molar-refractivity contribution in [3.8, 4) is 0 Å². The highest BCUT2D eigenvalue weighted by Gasteiger charge is 2.49. The van der Waals surface area contributed by atoms with E-state index in [-0.39, 0.29) is 13.2 Å². The maximum absolute atomic E-state index is 11.1. The number of aliphatic hydroxyl groups excluding tert-OH is 2. The molecule has 1 fully saturated rings. The Balaban J connectivity index is 1.70. The number of nitrogens with zero attached hydrogens (tertiary/aromatic N) is 1. The number of nitro groups is 1. The maximum Gasteiger partial charge on any atom is 0.232 e. The van der Waals surface area contributed by atoms with Gasteiger partial charge in [-0.05, 0) is 11.1 Å². The third-order valence-corrected chi connectivity index (χ3v) is 4.54. The van der Waals surface area contributed by atoms with Crippen LogP contribution in [0.2, 0.25) is 0 Å². The van der Waals surface area contributed by atoms with Crippen LogP contribution in [0.3, 0.4) is 0 Å². The van der Waals surface area contributed by atoms with E-state index in [1.54, 1.807) is 0 Å². The Morgan fingerprint density at radius 2 is 1.57 bits per heavy atom. The number of aliphatic hydroxyl groups is 2. The van der Waals surface area contributed by atoms with Crippen molar-refractivity contribution in [2.45, 2.75) is 43.9 Å². The number of benzene rings is 2. The molecular formula is C20H23NO7.